The zero-order valence-electron chi connectivity index (χ0n) is 9.96. The Morgan fingerprint density at radius 2 is 2.19 bits per heavy atom. The lowest BCUT2D eigenvalue weighted by Gasteiger charge is -2.20. The van der Waals surface area contributed by atoms with Crippen LogP contribution in [-0.2, 0) is 13.5 Å². The minimum atomic E-state index is 0.231. The van der Waals surface area contributed by atoms with Gasteiger partial charge in [0.15, 0.2) is 0 Å². The van der Waals surface area contributed by atoms with Crippen LogP contribution in [0.3, 0.4) is 0 Å². The topological polar surface area (TPSA) is 30.9 Å². The van der Waals surface area contributed by atoms with Gasteiger partial charge in [0.1, 0.15) is 0 Å². The summed E-state index contributed by atoms with van der Waals surface area (Å²) in [5.41, 5.74) is 11.7. The van der Waals surface area contributed by atoms with E-state index in [4.69, 9.17) is 5.73 Å². The number of benzene rings is 1. The van der Waals surface area contributed by atoms with Crippen LogP contribution in [0.1, 0.15) is 35.7 Å². The molecule has 1 aliphatic carbocycles. The molecule has 1 aromatic carbocycles. The third-order valence-electron chi connectivity index (χ3n) is 3.82. The van der Waals surface area contributed by atoms with E-state index in [1.165, 1.54) is 40.6 Å². The predicted molar refractivity (Wildman–Crippen MR) is 67.5 cm³/mol. The van der Waals surface area contributed by atoms with Gasteiger partial charge in [-0.25, -0.2) is 0 Å². The molecule has 1 heterocycles. The van der Waals surface area contributed by atoms with Crippen molar-refractivity contribution >= 4 is 10.9 Å². The van der Waals surface area contributed by atoms with Crippen molar-refractivity contribution in [1.29, 1.82) is 0 Å². The first kappa shape index (κ1) is 9.91. The first-order valence-corrected chi connectivity index (χ1v) is 6.02. The van der Waals surface area contributed by atoms with Crippen molar-refractivity contribution in [3.05, 3.63) is 35.0 Å². The van der Waals surface area contributed by atoms with Crippen LogP contribution in [0, 0.1) is 6.92 Å². The highest BCUT2D eigenvalue weighted by Crippen LogP contribution is 2.36. The van der Waals surface area contributed by atoms with Crippen molar-refractivity contribution in [2.75, 3.05) is 0 Å². The first-order chi connectivity index (χ1) is 7.68. The molecule has 0 aliphatic heterocycles. The van der Waals surface area contributed by atoms with E-state index in [0.717, 1.165) is 6.42 Å². The van der Waals surface area contributed by atoms with E-state index in [-0.39, 0.29) is 6.04 Å². The summed E-state index contributed by atoms with van der Waals surface area (Å²) in [5, 5.41) is 1.37. The molecule has 2 heteroatoms. The molecule has 2 nitrogen and oxygen atoms in total. The number of hydrogen-bond donors (Lipinski definition) is 1. The quantitative estimate of drug-likeness (QED) is 0.718. The predicted octanol–water partition coefficient (Wildman–Crippen LogP) is 2.82. The molecule has 1 aliphatic rings. The van der Waals surface area contributed by atoms with Gasteiger partial charge in [-0.3, -0.25) is 0 Å². The molecular weight excluding hydrogens is 196 g/mol. The molecule has 0 spiro atoms. The molecule has 0 fully saturated rings. The Morgan fingerprint density at radius 1 is 1.38 bits per heavy atom. The van der Waals surface area contributed by atoms with E-state index in [0.29, 0.717) is 0 Å². The van der Waals surface area contributed by atoms with Crippen molar-refractivity contribution in [2.45, 2.75) is 32.2 Å². The maximum atomic E-state index is 6.26. The summed E-state index contributed by atoms with van der Waals surface area (Å²) in [4.78, 5) is 0. The Labute approximate surface area is 96.1 Å². The number of fused-ring (bicyclic) bond motifs is 3. The van der Waals surface area contributed by atoms with Crippen LogP contribution in [0.2, 0.25) is 0 Å². The van der Waals surface area contributed by atoms with Crippen molar-refractivity contribution in [3.8, 4) is 0 Å². The van der Waals surface area contributed by atoms with Crippen LogP contribution in [-0.4, -0.2) is 4.57 Å². The minimum absolute atomic E-state index is 0.231. The summed E-state index contributed by atoms with van der Waals surface area (Å²) in [5.74, 6) is 0. The van der Waals surface area contributed by atoms with Crippen molar-refractivity contribution < 1.29 is 0 Å². The van der Waals surface area contributed by atoms with E-state index in [1.807, 2.05) is 0 Å². The van der Waals surface area contributed by atoms with E-state index >= 15 is 0 Å². The van der Waals surface area contributed by atoms with Crippen LogP contribution in [0.4, 0.5) is 0 Å². The summed E-state index contributed by atoms with van der Waals surface area (Å²) < 4.78 is 2.32. The molecular formula is C14H18N2. The largest absolute Gasteiger partial charge is 0.347 e. The Balaban J connectivity index is 2.40. The molecule has 0 amide bonds. The van der Waals surface area contributed by atoms with E-state index < -0.39 is 0 Å². The second kappa shape index (κ2) is 3.36. The molecule has 2 aromatic rings. The molecule has 3 rings (SSSR count). The summed E-state index contributed by atoms with van der Waals surface area (Å²) in [6, 6.07) is 6.91. The average Bonchev–Trinajstić information content (AvgIpc) is 2.54. The molecule has 0 radical (unpaired) electrons. The lowest BCUT2D eigenvalue weighted by Crippen LogP contribution is -2.17. The lowest BCUT2D eigenvalue weighted by molar-refractivity contribution is 0.557. The van der Waals surface area contributed by atoms with Gasteiger partial charge >= 0.3 is 0 Å². The second-order valence-electron chi connectivity index (χ2n) is 4.94. The van der Waals surface area contributed by atoms with Gasteiger partial charge in [-0.1, -0.05) is 11.6 Å². The van der Waals surface area contributed by atoms with Crippen LogP contribution in [0.5, 0.6) is 0 Å². The molecule has 1 aromatic heterocycles. The highest BCUT2D eigenvalue weighted by molar-refractivity contribution is 5.87. The molecule has 0 saturated carbocycles. The molecule has 2 N–H and O–H groups in total. The molecule has 1 atom stereocenters. The number of nitrogens with zero attached hydrogens (tertiary/aromatic N) is 1. The average molecular weight is 214 g/mol. The van der Waals surface area contributed by atoms with Crippen molar-refractivity contribution in [2.24, 2.45) is 12.8 Å². The Bertz CT molecular complexity index is 551. The third-order valence-corrected chi connectivity index (χ3v) is 3.82. The van der Waals surface area contributed by atoms with Gasteiger partial charge in [0.2, 0.25) is 0 Å². The minimum Gasteiger partial charge on any atom is -0.347 e. The number of hydrogen-bond acceptors (Lipinski definition) is 1. The van der Waals surface area contributed by atoms with Crippen LogP contribution < -0.4 is 5.73 Å². The molecule has 16 heavy (non-hydrogen) atoms. The molecule has 0 bridgehead atoms. The summed E-state index contributed by atoms with van der Waals surface area (Å²) in [6.45, 7) is 2.15. The molecule has 1 unspecified atom stereocenters. The van der Waals surface area contributed by atoms with Gasteiger partial charge < -0.3 is 10.3 Å². The van der Waals surface area contributed by atoms with Gasteiger partial charge in [0.05, 0.1) is 0 Å². The summed E-state index contributed by atoms with van der Waals surface area (Å²) in [7, 11) is 2.16. The normalized spacial score (nSPS) is 20.1. The van der Waals surface area contributed by atoms with Crippen LogP contribution >= 0.6 is 0 Å². The van der Waals surface area contributed by atoms with E-state index in [2.05, 4.69) is 36.7 Å². The van der Waals surface area contributed by atoms with Crippen molar-refractivity contribution in [3.63, 3.8) is 0 Å². The zero-order chi connectivity index (χ0) is 11.3. The van der Waals surface area contributed by atoms with E-state index in [1.54, 1.807) is 0 Å². The monoisotopic (exact) mass is 214 g/mol. The van der Waals surface area contributed by atoms with Gasteiger partial charge in [-0.05, 0) is 43.9 Å². The summed E-state index contributed by atoms with van der Waals surface area (Å²) >= 11 is 0. The zero-order valence-corrected chi connectivity index (χ0v) is 9.96. The maximum absolute atomic E-state index is 6.26. The maximum Gasteiger partial charge on any atom is 0.0483 e. The number of aryl methyl sites for hydroxylation is 2. The van der Waals surface area contributed by atoms with Gasteiger partial charge in [-0.2, -0.15) is 0 Å². The van der Waals surface area contributed by atoms with Gasteiger partial charge in [0, 0.05) is 29.7 Å². The summed E-state index contributed by atoms with van der Waals surface area (Å²) in [6.07, 6.45) is 3.52. The molecule has 0 saturated heterocycles. The second-order valence-corrected chi connectivity index (χ2v) is 4.94. The smallest absolute Gasteiger partial charge is 0.0483 e. The Hall–Kier alpha value is -1.28. The number of nitrogens with two attached hydrogens (primary N) is 1. The number of rotatable bonds is 0. The fraction of sp³-hybridized carbons (Fsp3) is 0.429. The third kappa shape index (κ3) is 1.23. The number of aromatic nitrogens is 1. The Kier molecular flexibility index (Phi) is 2.08. The van der Waals surface area contributed by atoms with Crippen LogP contribution in [0.25, 0.3) is 10.9 Å². The SMILES string of the molecule is Cc1ccc2c(c1)c1c(n2C)CCCC1N. The fourth-order valence-corrected chi connectivity index (χ4v) is 2.99. The standard InChI is InChI=1S/C14H18N2/c1-9-6-7-12-10(8-9)14-11(15)4-3-5-13(14)16(12)2/h6-8,11H,3-5,15H2,1-2H3. The fourth-order valence-electron chi connectivity index (χ4n) is 2.99. The first-order valence-electron chi connectivity index (χ1n) is 6.02. The van der Waals surface area contributed by atoms with Gasteiger partial charge in [-0.15, -0.1) is 0 Å². The van der Waals surface area contributed by atoms with Gasteiger partial charge in [0.25, 0.3) is 0 Å². The molecule has 84 valence electrons. The highest BCUT2D eigenvalue weighted by Gasteiger charge is 2.23. The highest BCUT2D eigenvalue weighted by atomic mass is 15.0. The Morgan fingerprint density at radius 3 is 3.00 bits per heavy atom. The van der Waals surface area contributed by atoms with E-state index in [9.17, 15) is 0 Å². The lowest BCUT2D eigenvalue weighted by atomic mass is 9.91. The van der Waals surface area contributed by atoms with Crippen LogP contribution in [0.15, 0.2) is 18.2 Å². The van der Waals surface area contributed by atoms with Crippen molar-refractivity contribution in [1.82, 2.24) is 4.57 Å².